The van der Waals surface area contributed by atoms with E-state index in [1.807, 2.05) is 0 Å². The van der Waals surface area contributed by atoms with Crippen LogP contribution in [0.15, 0.2) is 24.3 Å². The van der Waals surface area contributed by atoms with Gasteiger partial charge in [0.1, 0.15) is 0 Å². The monoisotopic (exact) mass is 274 g/mol. The summed E-state index contributed by atoms with van der Waals surface area (Å²) in [6.45, 7) is 11.7. The molecule has 0 saturated carbocycles. The van der Waals surface area contributed by atoms with Gasteiger partial charge >= 0.3 is 0 Å². The predicted molar refractivity (Wildman–Crippen MR) is 87.2 cm³/mol. The molecule has 0 spiro atoms. The minimum atomic E-state index is 0.617. The van der Waals surface area contributed by atoms with Crippen molar-refractivity contribution in [1.29, 1.82) is 0 Å². The molecule has 2 atom stereocenters. The highest BCUT2D eigenvalue weighted by Crippen LogP contribution is 2.15. The molecule has 2 rings (SSSR count). The van der Waals surface area contributed by atoms with E-state index in [4.69, 9.17) is 0 Å². The van der Waals surface area contributed by atoms with Crippen LogP contribution in [-0.2, 0) is 6.42 Å². The highest BCUT2D eigenvalue weighted by molar-refractivity contribution is 5.22. The molecule has 112 valence electrons. The van der Waals surface area contributed by atoms with Gasteiger partial charge in [0, 0.05) is 12.6 Å². The summed E-state index contributed by atoms with van der Waals surface area (Å²) in [5, 5.41) is 3.73. The van der Waals surface area contributed by atoms with Crippen LogP contribution in [0.2, 0.25) is 0 Å². The zero-order chi connectivity index (χ0) is 14.4. The normalized spacial score (nSPS) is 21.2. The molecular formula is C18H30N2. The van der Waals surface area contributed by atoms with Crippen LogP contribution in [0.1, 0.15) is 37.8 Å². The molecule has 0 aromatic heterocycles. The van der Waals surface area contributed by atoms with Gasteiger partial charge in [0.2, 0.25) is 0 Å². The molecule has 1 aromatic carbocycles. The minimum absolute atomic E-state index is 0.617. The van der Waals surface area contributed by atoms with Gasteiger partial charge in [0.05, 0.1) is 0 Å². The highest BCUT2D eigenvalue weighted by Gasteiger charge is 2.20. The fourth-order valence-corrected chi connectivity index (χ4v) is 3.09. The van der Waals surface area contributed by atoms with Crippen LogP contribution in [0.25, 0.3) is 0 Å². The Balaban J connectivity index is 1.64. The van der Waals surface area contributed by atoms with Gasteiger partial charge in [-0.2, -0.15) is 0 Å². The topological polar surface area (TPSA) is 15.3 Å². The summed E-state index contributed by atoms with van der Waals surface area (Å²) in [7, 11) is 0. The SMILES string of the molecule is CCN1CCC(CNC(C)CCc2cccc(C)c2)C1. The highest BCUT2D eigenvalue weighted by atomic mass is 15.1. The molecule has 2 nitrogen and oxygen atoms in total. The molecule has 1 aromatic rings. The average Bonchev–Trinajstić information content (AvgIpc) is 2.91. The number of hydrogen-bond acceptors (Lipinski definition) is 2. The van der Waals surface area contributed by atoms with Gasteiger partial charge in [-0.05, 0) is 64.2 Å². The van der Waals surface area contributed by atoms with Gasteiger partial charge in [0.15, 0.2) is 0 Å². The van der Waals surface area contributed by atoms with Gasteiger partial charge in [0.25, 0.3) is 0 Å². The molecule has 0 amide bonds. The number of aryl methyl sites for hydroxylation is 2. The third kappa shape index (κ3) is 4.92. The molecule has 1 saturated heterocycles. The zero-order valence-corrected chi connectivity index (χ0v) is 13.4. The van der Waals surface area contributed by atoms with Crippen molar-refractivity contribution in [2.75, 3.05) is 26.2 Å². The van der Waals surface area contributed by atoms with Crippen molar-refractivity contribution in [3.05, 3.63) is 35.4 Å². The third-order valence-corrected chi connectivity index (χ3v) is 4.52. The quantitative estimate of drug-likeness (QED) is 0.821. The molecule has 2 unspecified atom stereocenters. The van der Waals surface area contributed by atoms with E-state index in [1.165, 1.54) is 56.6 Å². The second kappa shape index (κ2) is 7.80. The molecule has 0 aliphatic carbocycles. The maximum atomic E-state index is 3.73. The molecular weight excluding hydrogens is 244 g/mol. The van der Waals surface area contributed by atoms with Crippen molar-refractivity contribution in [3.63, 3.8) is 0 Å². The molecule has 1 aliphatic heterocycles. The maximum absolute atomic E-state index is 3.73. The second-order valence-corrected chi connectivity index (χ2v) is 6.38. The average molecular weight is 274 g/mol. The van der Waals surface area contributed by atoms with Crippen molar-refractivity contribution in [1.82, 2.24) is 10.2 Å². The van der Waals surface area contributed by atoms with E-state index in [2.05, 4.69) is 55.3 Å². The first-order valence-corrected chi connectivity index (χ1v) is 8.18. The van der Waals surface area contributed by atoms with Gasteiger partial charge in [-0.15, -0.1) is 0 Å². The number of nitrogens with one attached hydrogen (secondary N) is 1. The summed E-state index contributed by atoms with van der Waals surface area (Å²) in [4.78, 5) is 2.56. The fraction of sp³-hybridized carbons (Fsp3) is 0.667. The number of rotatable bonds is 7. The Morgan fingerprint density at radius 2 is 2.25 bits per heavy atom. The minimum Gasteiger partial charge on any atom is -0.314 e. The summed E-state index contributed by atoms with van der Waals surface area (Å²) < 4.78 is 0. The molecule has 20 heavy (non-hydrogen) atoms. The van der Waals surface area contributed by atoms with Gasteiger partial charge in [-0.25, -0.2) is 0 Å². The number of likely N-dealkylation sites (tertiary alicyclic amines) is 1. The van der Waals surface area contributed by atoms with Crippen molar-refractivity contribution in [3.8, 4) is 0 Å². The van der Waals surface area contributed by atoms with Gasteiger partial charge in [-0.3, -0.25) is 0 Å². The molecule has 1 heterocycles. The van der Waals surface area contributed by atoms with Crippen LogP contribution >= 0.6 is 0 Å². The van der Waals surface area contributed by atoms with Crippen molar-refractivity contribution >= 4 is 0 Å². The molecule has 1 aliphatic rings. The smallest absolute Gasteiger partial charge is 0.00420 e. The van der Waals surface area contributed by atoms with E-state index < -0.39 is 0 Å². The summed E-state index contributed by atoms with van der Waals surface area (Å²) in [6, 6.07) is 9.51. The summed E-state index contributed by atoms with van der Waals surface area (Å²) in [5.74, 6) is 0.858. The van der Waals surface area contributed by atoms with Crippen LogP contribution in [0.3, 0.4) is 0 Å². The summed E-state index contributed by atoms with van der Waals surface area (Å²) in [6.07, 6.45) is 3.78. The van der Waals surface area contributed by atoms with Gasteiger partial charge < -0.3 is 10.2 Å². The van der Waals surface area contributed by atoms with Crippen molar-refractivity contribution in [2.45, 2.75) is 46.1 Å². The standard InChI is InChI=1S/C18H30N2/c1-4-20-11-10-18(14-20)13-19-16(3)8-9-17-7-5-6-15(2)12-17/h5-7,12,16,18-19H,4,8-11,13-14H2,1-3H3. The zero-order valence-electron chi connectivity index (χ0n) is 13.4. The Bertz CT molecular complexity index is 402. The van der Waals surface area contributed by atoms with Crippen molar-refractivity contribution in [2.24, 2.45) is 5.92 Å². The Labute approximate surface area is 124 Å². The molecule has 1 N–H and O–H groups in total. The lowest BCUT2D eigenvalue weighted by Gasteiger charge is -2.18. The summed E-state index contributed by atoms with van der Waals surface area (Å²) >= 11 is 0. The summed E-state index contributed by atoms with van der Waals surface area (Å²) in [5.41, 5.74) is 2.84. The molecule has 0 bridgehead atoms. The Morgan fingerprint density at radius 1 is 1.40 bits per heavy atom. The van der Waals surface area contributed by atoms with E-state index >= 15 is 0 Å². The Hall–Kier alpha value is -0.860. The van der Waals surface area contributed by atoms with Crippen LogP contribution < -0.4 is 5.32 Å². The molecule has 1 fully saturated rings. The van der Waals surface area contributed by atoms with Gasteiger partial charge in [-0.1, -0.05) is 36.8 Å². The predicted octanol–water partition coefficient (Wildman–Crippen LogP) is 3.25. The maximum Gasteiger partial charge on any atom is 0.00420 e. The second-order valence-electron chi connectivity index (χ2n) is 6.38. The lowest BCUT2D eigenvalue weighted by molar-refractivity contribution is 0.335. The lowest BCUT2D eigenvalue weighted by Crippen LogP contribution is -2.32. The van der Waals surface area contributed by atoms with E-state index in [9.17, 15) is 0 Å². The van der Waals surface area contributed by atoms with Crippen LogP contribution in [0.5, 0.6) is 0 Å². The Kier molecular flexibility index (Phi) is 6.06. The fourth-order valence-electron chi connectivity index (χ4n) is 3.09. The van der Waals surface area contributed by atoms with E-state index in [1.54, 1.807) is 0 Å². The van der Waals surface area contributed by atoms with Crippen LogP contribution in [0.4, 0.5) is 0 Å². The van der Waals surface area contributed by atoms with Crippen LogP contribution in [0, 0.1) is 12.8 Å². The van der Waals surface area contributed by atoms with E-state index in [0.29, 0.717) is 6.04 Å². The van der Waals surface area contributed by atoms with Crippen LogP contribution in [-0.4, -0.2) is 37.1 Å². The first-order valence-electron chi connectivity index (χ1n) is 8.18. The molecule has 0 radical (unpaired) electrons. The molecule has 2 heteroatoms. The largest absolute Gasteiger partial charge is 0.314 e. The number of benzene rings is 1. The Morgan fingerprint density at radius 3 is 2.95 bits per heavy atom. The number of hydrogen-bond donors (Lipinski definition) is 1. The van der Waals surface area contributed by atoms with E-state index in [0.717, 1.165) is 5.92 Å². The van der Waals surface area contributed by atoms with E-state index in [-0.39, 0.29) is 0 Å². The van der Waals surface area contributed by atoms with Crippen molar-refractivity contribution < 1.29 is 0 Å². The first kappa shape index (κ1) is 15.5. The number of nitrogens with zero attached hydrogens (tertiary/aromatic N) is 1. The lowest BCUT2D eigenvalue weighted by atomic mass is 10.0. The third-order valence-electron chi connectivity index (χ3n) is 4.52. The first-order chi connectivity index (χ1) is 9.67.